The molecule has 1 N–H and O–H groups in total. The van der Waals surface area contributed by atoms with E-state index in [0.717, 1.165) is 5.39 Å². The van der Waals surface area contributed by atoms with E-state index < -0.39 is 5.56 Å². The molecule has 3 aromatic rings. The van der Waals surface area contributed by atoms with E-state index in [0.29, 0.717) is 21.7 Å². The van der Waals surface area contributed by atoms with Crippen molar-refractivity contribution in [1.29, 1.82) is 0 Å². The first-order valence-corrected chi connectivity index (χ1v) is 6.72. The van der Waals surface area contributed by atoms with E-state index in [1.165, 1.54) is 6.92 Å². The summed E-state index contributed by atoms with van der Waals surface area (Å²) < 4.78 is 0. The molecule has 3 rings (SSSR count). The molecule has 0 unspecified atom stereocenters. The molecule has 0 atom stereocenters. The van der Waals surface area contributed by atoms with E-state index in [1.807, 2.05) is 6.07 Å². The molecule has 104 valence electrons. The standard InChI is InChI=1S/C16H11ClN2O2/c1-9(20)14-15(10-3-2-6-18-8-10)12-7-11(17)4-5-13(12)19-16(14)21/h2-8H,1H3,(H,19,21). The summed E-state index contributed by atoms with van der Waals surface area (Å²) in [7, 11) is 0. The normalized spacial score (nSPS) is 10.8. The fraction of sp³-hybridized carbons (Fsp3) is 0.0625. The van der Waals surface area contributed by atoms with Crippen LogP contribution in [-0.4, -0.2) is 15.8 Å². The fourth-order valence-electron chi connectivity index (χ4n) is 2.41. The van der Waals surface area contributed by atoms with Crippen molar-refractivity contribution in [2.75, 3.05) is 0 Å². The molecular formula is C16H11ClN2O2. The summed E-state index contributed by atoms with van der Waals surface area (Å²) in [6.07, 6.45) is 3.26. The van der Waals surface area contributed by atoms with Crippen molar-refractivity contribution in [2.24, 2.45) is 0 Å². The lowest BCUT2D eigenvalue weighted by molar-refractivity contribution is 0.101. The third-order valence-corrected chi connectivity index (χ3v) is 3.51. The lowest BCUT2D eigenvalue weighted by Crippen LogP contribution is -2.18. The second-order valence-corrected chi connectivity index (χ2v) is 5.13. The van der Waals surface area contributed by atoms with Gasteiger partial charge in [-0.05, 0) is 31.2 Å². The van der Waals surface area contributed by atoms with E-state index in [1.54, 1.807) is 36.7 Å². The van der Waals surface area contributed by atoms with Crippen molar-refractivity contribution >= 4 is 28.3 Å². The molecule has 0 saturated heterocycles. The molecule has 0 radical (unpaired) electrons. The third kappa shape index (κ3) is 2.34. The maximum absolute atomic E-state index is 12.2. The molecule has 0 saturated carbocycles. The molecule has 0 fully saturated rings. The second kappa shape index (κ2) is 5.14. The van der Waals surface area contributed by atoms with Gasteiger partial charge in [0, 0.05) is 39.4 Å². The number of nitrogens with zero attached hydrogens (tertiary/aromatic N) is 1. The zero-order chi connectivity index (χ0) is 15.0. The Kier molecular flexibility index (Phi) is 3.31. The lowest BCUT2D eigenvalue weighted by atomic mass is 9.95. The highest BCUT2D eigenvalue weighted by Gasteiger charge is 2.18. The van der Waals surface area contributed by atoms with Crippen molar-refractivity contribution in [1.82, 2.24) is 9.97 Å². The smallest absolute Gasteiger partial charge is 0.259 e. The zero-order valence-corrected chi connectivity index (χ0v) is 11.9. The number of pyridine rings is 2. The molecule has 0 spiro atoms. The Labute approximate surface area is 125 Å². The Morgan fingerprint density at radius 1 is 1.29 bits per heavy atom. The molecule has 0 aliphatic carbocycles. The Morgan fingerprint density at radius 2 is 2.10 bits per heavy atom. The first kappa shape index (κ1) is 13.5. The van der Waals surface area contributed by atoms with E-state index in [4.69, 9.17) is 11.6 Å². The van der Waals surface area contributed by atoms with Gasteiger partial charge >= 0.3 is 0 Å². The summed E-state index contributed by atoms with van der Waals surface area (Å²) in [4.78, 5) is 30.9. The maximum Gasteiger partial charge on any atom is 0.259 e. The van der Waals surface area contributed by atoms with Gasteiger partial charge in [-0.15, -0.1) is 0 Å². The molecular weight excluding hydrogens is 288 g/mol. The Balaban J connectivity index is 2.53. The number of benzene rings is 1. The number of aromatic nitrogens is 2. The van der Waals surface area contributed by atoms with E-state index in [-0.39, 0.29) is 11.3 Å². The summed E-state index contributed by atoms with van der Waals surface area (Å²) in [5, 5.41) is 1.26. The van der Waals surface area contributed by atoms with Crippen LogP contribution in [0, 0.1) is 0 Å². The summed E-state index contributed by atoms with van der Waals surface area (Å²) >= 11 is 6.06. The van der Waals surface area contributed by atoms with Crippen LogP contribution in [0.5, 0.6) is 0 Å². The molecule has 0 bridgehead atoms. The van der Waals surface area contributed by atoms with E-state index in [2.05, 4.69) is 9.97 Å². The van der Waals surface area contributed by atoms with Gasteiger partial charge < -0.3 is 4.98 Å². The monoisotopic (exact) mass is 298 g/mol. The van der Waals surface area contributed by atoms with E-state index in [9.17, 15) is 9.59 Å². The highest BCUT2D eigenvalue weighted by molar-refractivity contribution is 6.31. The van der Waals surface area contributed by atoms with Crippen LogP contribution < -0.4 is 5.56 Å². The van der Waals surface area contributed by atoms with E-state index >= 15 is 0 Å². The van der Waals surface area contributed by atoms with Crippen LogP contribution in [0.25, 0.3) is 22.0 Å². The highest BCUT2D eigenvalue weighted by atomic mass is 35.5. The summed E-state index contributed by atoms with van der Waals surface area (Å²) in [6.45, 7) is 1.38. The Hall–Kier alpha value is -2.46. The van der Waals surface area contributed by atoms with Gasteiger partial charge in [-0.1, -0.05) is 17.7 Å². The van der Waals surface area contributed by atoms with Crippen LogP contribution in [0.2, 0.25) is 5.02 Å². The molecule has 2 aromatic heterocycles. The van der Waals surface area contributed by atoms with Gasteiger partial charge in [0.1, 0.15) is 0 Å². The summed E-state index contributed by atoms with van der Waals surface area (Å²) in [5.74, 6) is -0.294. The predicted molar refractivity (Wildman–Crippen MR) is 82.8 cm³/mol. The number of hydrogen-bond donors (Lipinski definition) is 1. The number of fused-ring (bicyclic) bond motifs is 1. The highest BCUT2D eigenvalue weighted by Crippen LogP contribution is 2.30. The molecule has 0 aliphatic rings. The average molecular weight is 299 g/mol. The Bertz CT molecular complexity index is 901. The number of halogens is 1. The SMILES string of the molecule is CC(=O)c1c(-c2cccnc2)c2cc(Cl)ccc2[nH]c1=O. The van der Waals surface area contributed by atoms with Crippen LogP contribution in [-0.2, 0) is 0 Å². The van der Waals surface area contributed by atoms with Gasteiger partial charge in [-0.25, -0.2) is 0 Å². The number of hydrogen-bond acceptors (Lipinski definition) is 3. The molecule has 1 aromatic carbocycles. The minimum absolute atomic E-state index is 0.123. The topological polar surface area (TPSA) is 62.8 Å². The first-order chi connectivity index (χ1) is 10.1. The second-order valence-electron chi connectivity index (χ2n) is 4.69. The number of H-pyrrole nitrogens is 1. The van der Waals surface area contributed by atoms with Crippen LogP contribution in [0.15, 0.2) is 47.5 Å². The number of Topliss-reactive ketones (excluding diaryl/α,β-unsaturated/α-hetero) is 1. The van der Waals surface area contributed by atoms with Crippen molar-refractivity contribution in [3.63, 3.8) is 0 Å². The van der Waals surface area contributed by atoms with Crippen molar-refractivity contribution in [2.45, 2.75) is 6.92 Å². The molecule has 2 heterocycles. The molecule has 21 heavy (non-hydrogen) atoms. The van der Waals surface area contributed by atoms with Gasteiger partial charge in [-0.2, -0.15) is 0 Å². The number of rotatable bonds is 2. The van der Waals surface area contributed by atoms with Crippen molar-refractivity contribution in [3.05, 3.63) is 63.7 Å². The lowest BCUT2D eigenvalue weighted by Gasteiger charge is -2.11. The predicted octanol–water partition coefficient (Wildman–Crippen LogP) is 3.45. The molecule has 0 amide bonds. The van der Waals surface area contributed by atoms with Gasteiger partial charge in [0.05, 0.1) is 5.56 Å². The Morgan fingerprint density at radius 3 is 2.76 bits per heavy atom. The quantitative estimate of drug-likeness (QED) is 0.737. The van der Waals surface area contributed by atoms with Crippen LogP contribution in [0.1, 0.15) is 17.3 Å². The van der Waals surface area contributed by atoms with Crippen molar-refractivity contribution < 1.29 is 4.79 Å². The number of carbonyl (C=O) groups excluding carboxylic acids is 1. The zero-order valence-electron chi connectivity index (χ0n) is 11.2. The first-order valence-electron chi connectivity index (χ1n) is 6.35. The van der Waals surface area contributed by atoms with Gasteiger partial charge in [0.25, 0.3) is 5.56 Å². The van der Waals surface area contributed by atoms with Crippen LogP contribution in [0.4, 0.5) is 0 Å². The minimum Gasteiger partial charge on any atom is -0.321 e. The number of aromatic amines is 1. The van der Waals surface area contributed by atoms with Gasteiger partial charge in [-0.3, -0.25) is 14.6 Å². The molecule has 5 heteroatoms. The summed E-state index contributed by atoms with van der Waals surface area (Å²) in [5.41, 5.74) is 1.63. The average Bonchev–Trinajstić information content (AvgIpc) is 2.47. The maximum atomic E-state index is 12.2. The van der Waals surface area contributed by atoms with Crippen molar-refractivity contribution in [3.8, 4) is 11.1 Å². The molecule has 0 aliphatic heterocycles. The minimum atomic E-state index is -0.406. The fourth-order valence-corrected chi connectivity index (χ4v) is 2.58. The number of nitrogens with one attached hydrogen (secondary N) is 1. The van der Waals surface area contributed by atoms with Gasteiger partial charge in [0.15, 0.2) is 5.78 Å². The summed E-state index contributed by atoms with van der Waals surface area (Å²) in [6, 6.07) is 8.73. The van der Waals surface area contributed by atoms with Crippen LogP contribution in [0.3, 0.4) is 0 Å². The number of ketones is 1. The molecule has 4 nitrogen and oxygen atoms in total. The largest absolute Gasteiger partial charge is 0.321 e. The van der Waals surface area contributed by atoms with Gasteiger partial charge in [0.2, 0.25) is 0 Å². The van der Waals surface area contributed by atoms with Crippen LogP contribution >= 0.6 is 11.6 Å². The number of carbonyl (C=O) groups is 1. The third-order valence-electron chi connectivity index (χ3n) is 3.28.